The first-order valence-corrected chi connectivity index (χ1v) is 7.12. The zero-order valence-electron chi connectivity index (χ0n) is 9.83. The van der Waals surface area contributed by atoms with Gasteiger partial charge in [-0.05, 0) is 30.9 Å². The van der Waals surface area contributed by atoms with Gasteiger partial charge in [0.05, 0.1) is 5.60 Å². The molecule has 92 valence electrons. The van der Waals surface area contributed by atoms with Gasteiger partial charge in [-0.15, -0.1) is 0 Å². The fourth-order valence-corrected chi connectivity index (χ4v) is 3.06. The molecule has 4 nitrogen and oxygen atoms in total. The van der Waals surface area contributed by atoms with Crippen LogP contribution in [0.2, 0.25) is 0 Å². The molecule has 2 aliphatic rings. The molecule has 0 radical (unpaired) electrons. The number of hydrogen-bond acceptors (Lipinski definition) is 3. The first-order chi connectivity index (χ1) is 7.72. The Labute approximate surface area is 101 Å². The highest BCUT2D eigenvalue weighted by Crippen LogP contribution is 2.28. The lowest BCUT2D eigenvalue weighted by Gasteiger charge is -2.23. The number of thioether (sulfide) groups is 1. The molecule has 0 aromatic rings. The predicted octanol–water partition coefficient (Wildman–Crippen LogP) is 0.429. The van der Waals surface area contributed by atoms with Gasteiger partial charge in [0.15, 0.2) is 5.96 Å². The van der Waals surface area contributed by atoms with E-state index in [4.69, 9.17) is 0 Å². The number of nitrogens with one attached hydrogen (secondary N) is 2. The summed E-state index contributed by atoms with van der Waals surface area (Å²) in [5.74, 6) is 3.55. The lowest BCUT2D eigenvalue weighted by molar-refractivity contribution is 0.0724. The maximum Gasteiger partial charge on any atom is 0.191 e. The van der Waals surface area contributed by atoms with Gasteiger partial charge in [-0.1, -0.05) is 0 Å². The van der Waals surface area contributed by atoms with E-state index in [1.54, 1.807) is 7.05 Å². The Morgan fingerprint density at radius 2 is 2.31 bits per heavy atom. The van der Waals surface area contributed by atoms with E-state index >= 15 is 0 Å². The van der Waals surface area contributed by atoms with Crippen molar-refractivity contribution in [2.45, 2.75) is 24.9 Å². The third-order valence-electron chi connectivity index (χ3n) is 3.15. The van der Waals surface area contributed by atoms with Gasteiger partial charge in [-0.2, -0.15) is 11.8 Å². The summed E-state index contributed by atoms with van der Waals surface area (Å²) in [4.78, 5) is 4.16. The molecule has 5 heteroatoms. The summed E-state index contributed by atoms with van der Waals surface area (Å²) in [7, 11) is 1.77. The van der Waals surface area contributed by atoms with E-state index < -0.39 is 5.60 Å². The highest BCUT2D eigenvalue weighted by atomic mass is 32.2. The van der Waals surface area contributed by atoms with E-state index in [2.05, 4.69) is 15.6 Å². The van der Waals surface area contributed by atoms with Crippen molar-refractivity contribution in [3.8, 4) is 0 Å². The maximum absolute atomic E-state index is 10.2. The largest absolute Gasteiger partial charge is 0.387 e. The summed E-state index contributed by atoms with van der Waals surface area (Å²) in [6.45, 7) is 1.61. The van der Waals surface area contributed by atoms with Gasteiger partial charge >= 0.3 is 0 Å². The van der Waals surface area contributed by atoms with Crippen LogP contribution in [0.3, 0.4) is 0 Å². The Bertz CT molecular complexity index is 260. The number of aliphatic hydroxyl groups is 1. The van der Waals surface area contributed by atoms with E-state index in [1.807, 2.05) is 11.8 Å². The zero-order chi connectivity index (χ0) is 11.4. The van der Waals surface area contributed by atoms with Gasteiger partial charge in [-0.3, -0.25) is 4.99 Å². The third-order valence-corrected chi connectivity index (χ3v) is 4.38. The minimum atomic E-state index is -0.540. The summed E-state index contributed by atoms with van der Waals surface area (Å²) >= 11 is 1.82. The lowest BCUT2D eigenvalue weighted by Crippen LogP contribution is -2.47. The first-order valence-electron chi connectivity index (χ1n) is 5.96. The quantitative estimate of drug-likeness (QED) is 0.495. The van der Waals surface area contributed by atoms with Crippen molar-refractivity contribution in [3.63, 3.8) is 0 Å². The van der Waals surface area contributed by atoms with Crippen molar-refractivity contribution in [1.82, 2.24) is 10.6 Å². The Balaban J connectivity index is 1.69. The SMILES string of the molecule is CN=C(NCC1CC1)NCC1(O)CCSC1. The highest BCUT2D eigenvalue weighted by Gasteiger charge is 2.31. The molecule has 0 spiro atoms. The summed E-state index contributed by atoms with van der Waals surface area (Å²) < 4.78 is 0. The Morgan fingerprint density at radius 1 is 1.50 bits per heavy atom. The average Bonchev–Trinajstić information content (AvgIpc) is 3.01. The normalized spacial score (nSPS) is 30.5. The Hall–Kier alpha value is -0.420. The molecule has 0 aromatic carbocycles. The van der Waals surface area contributed by atoms with Gasteiger partial charge in [-0.25, -0.2) is 0 Å². The van der Waals surface area contributed by atoms with Gasteiger partial charge in [0.2, 0.25) is 0 Å². The van der Waals surface area contributed by atoms with Crippen LogP contribution in [0, 0.1) is 5.92 Å². The second-order valence-corrected chi connectivity index (χ2v) is 5.88. The molecule has 1 saturated carbocycles. The molecule has 1 atom stereocenters. The molecule has 1 aliphatic heterocycles. The lowest BCUT2D eigenvalue weighted by atomic mass is 10.0. The second kappa shape index (κ2) is 5.27. The molecule has 1 unspecified atom stereocenters. The molecule has 0 bridgehead atoms. The van der Waals surface area contributed by atoms with Crippen LogP contribution >= 0.6 is 11.8 Å². The van der Waals surface area contributed by atoms with E-state index in [0.717, 1.165) is 36.3 Å². The standard InChI is InChI=1S/C11H21N3OS/c1-12-10(13-6-9-2-3-9)14-7-11(15)4-5-16-8-11/h9,15H,2-8H2,1H3,(H2,12,13,14). The number of nitrogens with zero attached hydrogens (tertiary/aromatic N) is 1. The highest BCUT2D eigenvalue weighted by molar-refractivity contribution is 7.99. The van der Waals surface area contributed by atoms with E-state index in [9.17, 15) is 5.11 Å². The number of guanidine groups is 1. The molecule has 1 saturated heterocycles. The summed E-state index contributed by atoms with van der Waals surface area (Å²) in [5.41, 5.74) is -0.540. The van der Waals surface area contributed by atoms with Crippen molar-refractivity contribution >= 4 is 17.7 Å². The minimum Gasteiger partial charge on any atom is -0.387 e. The molecular formula is C11H21N3OS. The fraction of sp³-hybridized carbons (Fsp3) is 0.909. The van der Waals surface area contributed by atoms with Gasteiger partial charge in [0.25, 0.3) is 0 Å². The van der Waals surface area contributed by atoms with Gasteiger partial charge < -0.3 is 15.7 Å². The van der Waals surface area contributed by atoms with Crippen molar-refractivity contribution in [2.24, 2.45) is 10.9 Å². The van der Waals surface area contributed by atoms with Crippen LogP contribution in [0.5, 0.6) is 0 Å². The van der Waals surface area contributed by atoms with Gasteiger partial charge in [0.1, 0.15) is 0 Å². The van der Waals surface area contributed by atoms with Crippen LogP contribution in [0.4, 0.5) is 0 Å². The van der Waals surface area contributed by atoms with Crippen molar-refractivity contribution in [3.05, 3.63) is 0 Å². The van der Waals surface area contributed by atoms with E-state index in [1.165, 1.54) is 12.8 Å². The molecule has 1 heterocycles. The van der Waals surface area contributed by atoms with Crippen LogP contribution in [0.15, 0.2) is 4.99 Å². The number of aliphatic imine (C=N–C) groups is 1. The van der Waals surface area contributed by atoms with Crippen molar-refractivity contribution < 1.29 is 5.11 Å². The second-order valence-electron chi connectivity index (χ2n) is 4.78. The maximum atomic E-state index is 10.2. The number of rotatable bonds is 4. The zero-order valence-corrected chi connectivity index (χ0v) is 10.6. The first kappa shape index (κ1) is 12.0. The Kier molecular flexibility index (Phi) is 3.97. The van der Waals surface area contributed by atoms with Crippen LogP contribution in [0.25, 0.3) is 0 Å². The topological polar surface area (TPSA) is 56.7 Å². The number of hydrogen-bond donors (Lipinski definition) is 3. The predicted molar refractivity (Wildman–Crippen MR) is 69.0 cm³/mol. The monoisotopic (exact) mass is 243 g/mol. The fourth-order valence-electron chi connectivity index (χ4n) is 1.77. The summed E-state index contributed by atoms with van der Waals surface area (Å²) in [6.07, 6.45) is 3.55. The molecule has 1 aliphatic carbocycles. The van der Waals surface area contributed by atoms with Gasteiger partial charge in [0, 0.05) is 25.9 Å². The average molecular weight is 243 g/mol. The molecule has 2 fully saturated rings. The smallest absolute Gasteiger partial charge is 0.191 e. The van der Waals surface area contributed by atoms with Crippen LogP contribution < -0.4 is 10.6 Å². The minimum absolute atomic E-state index is 0.540. The summed E-state index contributed by atoms with van der Waals surface area (Å²) in [5, 5.41) is 16.7. The molecule has 3 N–H and O–H groups in total. The molecule has 16 heavy (non-hydrogen) atoms. The van der Waals surface area contributed by atoms with Crippen molar-refractivity contribution in [1.29, 1.82) is 0 Å². The Morgan fingerprint density at radius 3 is 2.88 bits per heavy atom. The van der Waals surface area contributed by atoms with Crippen LogP contribution in [0.1, 0.15) is 19.3 Å². The van der Waals surface area contributed by atoms with Crippen LogP contribution in [-0.2, 0) is 0 Å². The van der Waals surface area contributed by atoms with E-state index in [-0.39, 0.29) is 0 Å². The van der Waals surface area contributed by atoms with Crippen molar-refractivity contribution in [2.75, 3.05) is 31.6 Å². The summed E-state index contributed by atoms with van der Waals surface area (Å²) in [6, 6.07) is 0. The third kappa shape index (κ3) is 3.56. The van der Waals surface area contributed by atoms with Crippen LogP contribution in [-0.4, -0.2) is 48.3 Å². The molecule has 0 aromatic heterocycles. The van der Waals surface area contributed by atoms with E-state index in [0.29, 0.717) is 6.54 Å². The molecular weight excluding hydrogens is 222 g/mol. The molecule has 0 amide bonds. The molecule has 2 rings (SSSR count).